The lowest BCUT2D eigenvalue weighted by atomic mass is 9.86. The van der Waals surface area contributed by atoms with Gasteiger partial charge in [0, 0.05) is 0 Å². The molecule has 0 bridgehead atoms. The topological polar surface area (TPSA) is 66.8 Å². The van der Waals surface area contributed by atoms with E-state index >= 15 is 0 Å². The highest BCUT2D eigenvalue weighted by atomic mass is 16.5. The van der Waals surface area contributed by atoms with Gasteiger partial charge in [0.2, 0.25) is 0 Å². The van der Waals surface area contributed by atoms with Crippen LogP contribution in [0.2, 0.25) is 0 Å². The first-order valence-corrected chi connectivity index (χ1v) is 3.95. The van der Waals surface area contributed by atoms with Crippen LogP contribution in [0.5, 0.6) is 0 Å². The van der Waals surface area contributed by atoms with E-state index < -0.39 is 24.1 Å². The highest BCUT2D eigenvalue weighted by Crippen LogP contribution is 2.22. The third kappa shape index (κ3) is 2.19. The van der Waals surface area contributed by atoms with Gasteiger partial charge in [0.15, 0.2) is 0 Å². The number of aliphatic hydroxyl groups excluding tert-OH is 2. The maximum atomic E-state index is 11.2. The van der Waals surface area contributed by atoms with Gasteiger partial charge >= 0.3 is 5.97 Å². The number of rotatable bonds is 4. The molecular weight excluding hydrogens is 160 g/mol. The highest BCUT2D eigenvalue weighted by Gasteiger charge is 2.39. The second-order valence-corrected chi connectivity index (χ2v) is 2.97. The maximum absolute atomic E-state index is 11.2. The Labute approximate surface area is 72.2 Å². The van der Waals surface area contributed by atoms with Gasteiger partial charge in [-0.1, -0.05) is 0 Å². The maximum Gasteiger partial charge on any atom is 0.316 e. The molecule has 72 valence electrons. The summed E-state index contributed by atoms with van der Waals surface area (Å²) in [6, 6.07) is 0. The molecule has 0 fully saturated rings. The summed E-state index contributed by atoms with van der Waals surface area (Å²) in [5.74, 6) is -0.567. The molecule has 0 aliphatic rings. The number of ether oxygens (including phenoxy) is 1. The Balaban J connectivity index is 4.40. The molecule has 0 radical (unpaired) electrons. The van der Waals surface area contributed by atoms with Crippen molar-refractivity contribution in [1.29, 1.82) is 0 Å². The minimum Gasteiger partial charge on any atom is -0.465 e. The molecule has 0 rings (SSSR count). The molecule has 4 heteroatoms. The largest absolute Gasteiger partial charge is 0.465 e. The molecule has 0 spiro atoms. The second kappa shape index (κ2) is 4.42. The van der Waals surface area contributed by atoms with E-state index in [1.54, 1.807) is 6.92 Å². The van der Waals surface area contributed by atoms with Gasteiger partial charge < -0.3 is 14.9 Å². The molecule has 4 nitrogen and oxygen atoms in total. The van der Waals surface area contributed by atoms with Crippen molar-refractivity contribution in [3.05, 3.63) is 0 Å². The van der Waals surface area contributed by atoms with Gasteiger partial charge in [0.05, 0.1) is 19.3 Å². The first kappa shape index (κ1) is 11.4. The van der Waals surface area contributed by atoms with Crippen LogP contribution in [0.1, 0.15) is 20.8 Å². The van der Waals surface area contributed by atoms with Gasteiger partial charge in [-0.25, -0.2) is 0 Å². The van der Waals surface area contributed by atoms with Crippen LogP contribution in [0.15, 0.2) is 0 Å². The predicted octanol–water partition coefficient (Wildman–Crippen LogP) is -0.0711. The van der Waals surface area contributed by atoms with Crippen molar-refractivity contribution in [2.75, 3.05) is 13.2 Å². The van der Waals surface area contributed by atoms with Crippen molar-refractivity contribution in [1.82, 2.24) is 0 Å². The lowest BCUT2D eigenvalue weighted by molar-refractivity contribution is -0.164. The number of carbonyl (C=O) groups is 1. The Hall–Kier alpha value is -0.610. The van der Waals surface area contributed by atoms with Crippen LogP contribution in [0.4, 0.5) is 0 Å². The number of hydrogen-bond donors (Lipinski definition) is 2. The van der Waals surface area contributed by atoms with Crippen LogP contribution in [-0.4, -0.2) is 35.5 Å². The molecule has 0 aliphatic heterocycles. The standard InChI is InChI=1S/C8H16O4/c1-4-12-7(11)8(3,5-9)6(2)10/h6,9-10H,4-5H2,1-3H3/t6-,8-/m1/s1. The molecule has 2 atom stereocenters. The van der Waals surface area contributed by atoms with E-state index in [1.165, 1.54) is 13.8 Å². The lowest BCUT2D eigenvalue weighted by Gasteiger charge is -2.27. The van der Waals surface area contributed by atoms with E-state index in [-0.39, 0.29) is 6.61 Å². The zero-order valence-corrected chi connectivity index (χ0v) is 7.70. The summed E-state index contributed by atoms with van der Waals surface area (Å²) >= 11 is 0. The highest BCUT2D eigenvalue weighted by molar-refractivity contribution is 5.77. The average molecular weight is 176 g/mol. The summed E-state index contributed by atoms with van der Waals surface area (Å²) in [5, 5.41) is 18.1. The molecule has 0 unspecified atom stereocenters. The Morgan fingerprint density at radius 3 is 2.42 bits per heavy atom. The fourth-order valence-corrected chi connectivity index (χ4v) is 0.663. The van der Waals surface area contributed by atoms with Gasteiger partial charge in [-0.3, -0.25) is 4.79 Å². The summed E-state index contributed by atoms with van der Waals surface area (Å²) in [6.45, 7) is 4.44. The zero-order valence-electron chi connectivity index (χ0n) is 7.70. The molecule has 0 heterocycles. The normalized spacial score (nSPS) is 18.1. The monoisotopic (exact) mass is 176 g/mol. The summed E-state index contributed by atoms with van der Waals surface area (Å²) in [4.78, 5) is 11.2. The minimum absolute atomic E-state index is 0.251. The summed E-state index contributed by atoms with van der Waals surface area (Å²) in [7, 11) is 0. The van der Waals surface area contributed by atoms with Crippen LogP contribution >= 0.6 is 0 Å². The lowest BCUT2D eigenvalue weighted by Crippen LogP contribution is -2.42. The van der Waals surface area contributed by atoms with Gasteiger partial charge in [-0.05, 0) is 20.8 Å². The van der Waals surface area contributed by atoms with Crippen molar-refractivity contribution in [3.8, 4) is 0 Å². The fourth-order valence-electron chi connectivity index (χ4n) is 0.663. The van der Waals surface area contributed by atoms with Crippen LogP contribution < -0.4 is 0 Å². The van der Waals surface area contributed by atoms with E-state index in [1.807, 2.05) is 0 Å². The molecule has 0 saturated carbocycles. The Kier molecular flexibility index (Phi) is 4.20. The molecule has 0 amide bonds. The number of esters is 1. The Bertz CT molecular complexity index is 155. The molecule has 0 aromatic carbocycles. The number of hydrogen-bond acceptors (Lipinski definition) is 4. The van der Waals surface area contributed by atoms with Crippen LogP contribution in [0, 0.1) is 5.41 Å². The fraction of sp³-hybridized carbons (Fsp3) is 0.875. The van der Waals surface area contributed by atoms with Gasteiger partial charge in [0.1, 0.15) is 5.41 Å². The first-order valence-electron chi connectivity index (χ1n) is 3.95. The van der Waals surface area contributed by atoms with Crippen molar-refractivity contribution < 1.29 is 19.7 Å². The van der Waals surface area contributed by atoms with Gasteiger partial charge in [-0.2, -0.15) is 0 Å². The molecule has 12 heavy (non-hydrogen) atoms. The van der Waals surface area contributed by atoms with Crippen molar-refractivity contribution in [2.45, 2.75) is 26.9 Å². The third-order valence-corrected chi connectivity index (χ3v) is 1.99. The molecule has 0 aromatic heterocycles. The minimum atomic E-state index is -1.20. The second-order valence-electron chi connectivity index (χ2n) is 2.97. The van der Waals surface area contributed by atoms with Gasteiger partial charge in [-0.15, -0.1) is 0 Å². The number of carbonyl (C=O) groups excluding carboxylic acids is 1. The molecule has 0 aliphatic carbocycles. The molecule has 2 N–H and O–H groups in total. The van der Waals surface area contributed by atoms with Gasteiger partial charge in [0.25, 0.3) is 0 Å². The predicted molar refractivity (Wildman–Crippen MR) is 43.5 cm³/mol. The van der Waals surface area contributed by atoms with E-state index in [4.69, 9.17) is 9.84 Å². The Morgan fingerprint density at radius 2 is 2.17 bits per heavy atom. The van der Waals surface area contributed by atoms with Crippen molar-refractivity contribution in [3.63, 3.8) is 0 Å². The first-order chi connectivity index (χ1) is 5.49. The van der Waals surface area contributed by atoms with Crippen molar-refractivity contribution >= 4 is 5.97 Å². The molecule has 0 aromatic rings. The smallest absolute Gasteiger partial charge is 0.316 e. The van der Waals surface area contributed by atoms with E-state index in [0.29, 0.717) is 0 Å². The van der Waals surface area contributed by atoms with Crippen LogP contribution in [0.3, 0.4) is 0 Å². The summed E-state index contributed by atoms with van der Waals surface area (Å²) in [6.07, 6.45) is -0.915. The summed E-state index contributed by atoms with van der Waals surface area (Å²) in [5.41, 5.74) is -1.20. The van der Waals surface area contributed by atoms with Crippen LogP contribution in [0.25, 0.3) is 0 Å². The third-order valence-electron chi connectivity index (χ3n) is 1.99. The quantitative estimate of drug-likeness (QED) is 0.588. The van der Waals surface area contributed by atoms with E-state index in [9.17, 15) is 9.90 Å². The zero-order chi connectivity index (χ0) is 9.78. The SMILES string of the molecule is CCOC(=O)[C@](C)(CO)[C@@H](C)O. The van der Waals surface area contributed by atoms with E-state index in [0.717, 1.165) is 0 Å². The summed E-state index contributed by atoms with van der Waals surface area (Å²) < 4.78 is 4.70. The molecule has 0 saturated heterocycles. The van der Waals surface area contributed by atoms with Crippen molar-refractivity contribution in [2.24, 2.45) is 5.41 Å². The average Bonchev–Trinajstić information content (AvgIpc) is 2.03. The van der Waals surface area contributed by atoms with Crippen LogP contribution in [-0.2, 0) is 9.53 Å². The number of aliphatic hydroxyl groups is 2. The van der Waals surface area contributed by atoms with E-state index in [2.05, 4.69) is 0 Å². The Morgan fingerprint density at radius 1 is 1.67 bits per heavy atom. The molecular formula is C8H16O4.